The smallest absolute Gasteiger partial charge is 0.157 e. The molecule has 0 saturated heterocycles. The Hall–Kier alpha value is 0.130. The van der Waals surface area contributed by atoms with Crippen LogP contribution in [0, 0.1) is 0 Å². The summed E-state index contributed by atoms with van der Waals surface area (Å²) in [5, 5.41) is 0. The molecule has 2 N–H and O–H groups in total. The molecular weight excluding hydrogens is 105 g/mol. The third-order valence-electron chi connectivity index (χ3n) is 0.894. The van der Waals surface area contributed by atoms with Crippen molar-refractivity contribution in [2.75, 3.05) is 0 Å². The highest BCUT2D eigenvalue weighted by molar-refractivity contribution is 7.55. The zero-order chi connectivity index (χ0) is 5.86. The van der Waals surface area contributed by atoms with Crippen LogP contribution in [0.25, 0.3) is 0 Å². The largest absolute Gasteiger partial charge is 0.177 e. The van der Waals surface area contributed by atoms with Crippen LogP contribution in [0.1, 0.15) is 20.8 Å². The highest BCUT2D eigenvalue weighted by Crippen LogP contribution is 2.16. The molecule has 0 aliphatic heterocycles. The van der Waals surface area contributed by atoms with Crippen LogP contribution in [-0.4, -0.2) is 11.5 Å². The van der Waals surface area contributed by atoms with Gasteiger partial charge >= 0.3 is 0 Å². The Morgan fingerprint density at radius 2 is 2.00 bits per heavy atom. The first-order valence-electron chi connectivity index (χ1n) is 2.51. The van der Waals surface area contributed by atoms with E-state index < -0.39 is 0 Å². The Balaban J connectivity index is 3.56. The minimum atomic E-state index is -0.262. The Labute approximate surface area is 46.4 Å². The molecule has 0 aromatic heterocycles. The summed E-state index contributed by atoms with van der Waals surface area (Å²) in [5.74, 6) is 2.08. The Morgan fingerprint density at radius 3 is 2.00 bits per heavy atom. The molecule has 2 heteroatoms. The molecule has 0 rings (SSSR count). The lowest BCUT2D eigenvalue weighted by atomic mass is 10.6. The third-order valence-corrected chi connectivity index (χ3v) is 2.68. The van der Waals surface area contributed by atoms with E-state index in [0.717, 1.165) is 0 Å². The standard InChI is InChI=1S/C5H13NP/c1-4-7(6)5(2)3/h4-5H,6H2,1-3H3/q+1. The number of rotatable bonds is 1. The predicted molar refractivity (Wildman–Crippen MR) is 38.0 cm³/mol. The van der Waals surface area contributed by atoms with Crippen molar-refractivity contribution < 1.29 is 0 Å². The minimum absolute atomic E-state index is 0.262. The fourth-order valence-electron chi connectivity index (χ4n) is 0.298. The number of hydrogen-bond donors (Lipinski definition) is 1. The minimum Gasteiger partial charge on any atom is -0.157 e. The van der Waals surface area contributed by atoms with Gasteiger partial charge in [0.05, 0.1) is 0 Å². The van der Waals surface area contributed by atoms with Crippen molar-refractivity contribution in [2.45, 2.75) is 26.4 Å². The summed E-state index contributed by atoms with van der Waals surface area (Å²) in [4.78, 5) is 0. The van der Waals surface area contributed by atoms with Crippen LogP contribution in [0.4, 0.5) is 0 Å². The van der Waals surface area contributed by atoms with Crippen molar-refractivity contribution in [3.05, 3.63) is 0 Å². The molecule has 1 unspecified atom stereocenters. The summed E-state index contributed by atoms with van der Waals surface area (Å²) in [7, 11) is -0.262. The predicted octanol–water partition coefficient (Wildman–Crippen LogP) is 1.57. The summed E-state index contributed by atoms with van der Waals surface area (Å²) in [6.07, 6.45) is 0. The molecule has 0 aromatic rings. The Morgan fingerprint density at radius 1 is 1.57 bits per heavy atom. The van der Waals surface area contributed by atoms with Gasteiger partial charge in [0.25, 0.3) is 0 Å². The molecule has 0 spiro atoms. The number of hydrogen-bond acceptors (Lipinski definition) is 1. The van der Waals surface area contributed by atoms with Gasteiger partial charge in [-0.05, 0) is 20.8 Å². The van der Waals surface area contributed by atoms with Gasteiger partial charge in [-0.3, -0.25) is 0 Å². The molecule has 0 bridgehead atoms. The van der Waals surface area contributed by atoms with E-state index >= 15 is 0 Å². The van der Waals surface area contributed by atoms with Gasteiger partial charge in [-0.1, -0.05) is 0 Å². The van der Waals surface area contributed by atoms with Gasteiger partial charge in [0.1, 0.15) is 11.5 Å². The first kappa shape index (κ1) is 7.13. The maximum Gasteiger partial charge on any atom is 0.177 e. The molecule has 42 valence electrons. The average Bonchev–Trinajstić information content (AvgIpc) is 1.65. The lowest BCUT2D eigenvalue weighted by Crippen LogP contribution is -1.94. The number of nitrogens with two attached hydrogens (primary N) is 1. The Bertz CT molecular complexity index is 76.1. The summed E-state index contributed by atoms with van der Waals surface area (Å²) < 4.78 is 0. The van der Waals surface area contributed by atoms with Gasteiger partial charge in [-0.15, -0.1) is 0 Å². The fourth-order valence-corrected chi connectivity index (χ4v) is 0.894. The summed E-state index contributed by atoms with van der Waals surface area (Å²) in [6, 6.07) is 0. The monoisotopic (exact) mass is 118 g/mol. The molecular formula is C5H13NP+. The van der Waals surface area contributed by atoms with E-state index in [0.29, 0.717) is 5.66 Å². The summed E-state index contributed by atoms with van der Waals surface area (Å²) >= 11 is 0. The topological polar surface area (TPSA) is 26.0 Å². The second kappa shape index (κ2) is 3.17. The van der Waals surface area contributed by atoms with Gasteiger partial charge in [-0.25, -0.2) is 0 Å². The maximum absolute atomic E-state index is 5.62. The molecule has 0 aliphatic carbocycles. The molecule has 0 heterocycles. The maximum atomic E-state index is 5.62. The highest BCUT2D eigenvalue weighted by atomic mass is 31.1. The van der Waals surface area contributed by atoms with Crippen LogP contribution in [0.5, 0.6) is 0 Å². The zero-order valence-corrected chi connectivity index (χ0v) is 6.07. The fraction of sp³-hybridized carbons (Fsp3) is 0.800. The van der Waals surface area contributed by atoms with Crippen molar-refractivity contribution >= 4 is 13.5 Å². The van der Waals surface area contributed by atoms with E-state index in [9.17, 15) is 0 Å². The van der Waals surface area contributed by atoms with Crippen LogP contribution in [-0.2, 0) is 0 Å². The van der Waals surface area contributed by atoms with E-state index in [-0.39, 0.29) is 7.70 Å². The first-order valence-corrected chi connectivity index (χ1v) is 4.06. The summed E-state index contributed by atoms with van der Waals surface area (Å²) in [6.45, 7) is 6.31. The molecule has 0 saturated carbocycles. The van der Waals surface area contributed by atoms with Crippen LogP contribution in [0.15, 0.2) is 0 Å². The van der Waals surface area contributed by atoms with Crippen LogP contribution in [0.2, 0.25) is 0 Å². The van der Waals surface area contributed by atoms with E-state index in [1.54, 1.807) is 0 Å². The molecule has 1 nitrogen and oxygen atoms in total. The molecule has 0 aromatic carbocycles. The molecule has 1 atom stereocenters. The highest BCUT2D eigenvalue weighted by Gasteiger charge is 2.04. The van der Waals surface area contributed by atoms with Gasteiger partial charge < -0.3 is 0 Å². The molecule has 0 aliphatic rings. The molecule has 0 fully saturated rings. The van der Waals surface area contributed by atoms with Crippen molar-refractivity contribution in [1.82, 2.24) is 0 Å². The third kappa shape index (κ3) is 2.78. The van der Waals surface area contributed by atoms with E-state index in [4.69, 9.17) is 5.50 Å². The summed E-state index contributed by atoms with van der Waals surface area (Å²) in [5.41, 5.74) is 6.28. The van der Waals surface area contributed by atoms with Crippen molar-refractivity contribution in [3.63, 3.8) is 0 Å². The van der Waals surface area contributed by atoms with Crippen molar-refractivity contribution in [2.24, 2.45) is 5.50 Å². The van der Waals surface area contributed by atoms with E-state index in [1.807, 2.05) is 6.92 Å². The van der Waals surface area contributed by atoms with Crippen LogP contribution < -0.4 is 5.50 Å². The SMILES string of the molecule is CC=[P+](N)C(C)C. The van der Waals surface area contributed by atoms with Gasteiger partial charge in [0, 0.05) is 0 Å². The average molecular weight is 118 g/mol. The van der Waals surface area contributed by atoms with Crippen LogP contribution in [0.3, 0.4) is 0 Å². The molecule has 0 amide bonds. The van der Waals surface area contributed by atoms with Gasteiger partial charge in [0.2, 0.25) is 0 Å². The van der Waals surface area contributed by atoms with Crippen molar-refractivity contribution in [3.8, 4) is 0 Å². The molecule has 7 heavy (non-hydrogen) atoms. The quantitative estimate of drug-likeness (QED) is 0.519. The normalized spacial score (nSPS) is 13.0. The zero-order valence-electron chi connectivity index (χ0n) is 5.18. The molecule has 0 radical (unpaired) electrons. The van der Waals surface area contributed by atoms with Gasteiger partial charge in [0.15, 0.2) is 7.70 Å². The van der Waals surface area contributed by atoms with Gasteiger partial charge in [-0.2, -0.15) is 5.50 Å². The lowest BCUT2D eigenvalue weighted by molar-refractivity contribution is 1.10. The van der Waals surface area contributed by atoms with Crippen LogP contribution >= 0.6 is 7.70 Å². The second-order valence-corrected chi connectivity index (χ2v) is 4.24. The Kier molecular flexibility index (Phi) is 3.23. The van der Waals surface area contributed by atoms with E-state index in [1.165, 1.54) is 0 Å². The lowest BCUT2D eigenvalue weighted by Gasteiger charge is -1.86. The first-order chi connectivity index (χ1) is 3.18. The second-order valence-electron chi connectivity index (χ2n) is 1.80. The van der Waals surface area contributed by atoms with Crippen molar-refractivity contribution in [1.29, 1.82) is 0 Å². The van der Waals surface area contributed by atoms with E-state index in [2.05, 4.69) is 19.6 Å².